The van der Waals surface area contributed by atoms with Gasteiger partial charge in [-0.3, -0.25) is 10.1 Å². The van der Waals surface area contributed by atoms with Gasteiger partial charge in [0.1, 0.15) is 0 Å². The molecule has 9 heteroatoms. The van der Waals surface area contributed by atoms with Gasteiger partial charge in [-0.25, -0.2) is 0 Å². The van der Waals surface area contributed by atoms with Gasteiger partial charge in [-0.1, -0.05) is 5.10 Å². The van der Waals surface area contributed by atoms with E-state index in [9.17, 15) is 4.79 Å². The first kappa shape index (κ1) is 18.1. The van der Waals surface area contributed by atoms with Crippen LogP contribution in [-0.4, -0.2) is 37.4 Å². The van der Waals surface area contributed by atoms with Crippen LogP contribution in [0.1, 0.15) is 5.56 Å². The summed E-state index contributed by atoms with van der Waals surface area (Å²) in [6.45, 7) is 0. The maximum Gasteiger partial charge on any atom is 0.322 e. The molecule has 0 aliphatic rings. The van der Waals surface area contributed by atoms with Gasteiger partial charge in [-0.2, -0.15) is 0 Å². The summed E-state index contributed by atoms with van der Waals surface area (Å²) in [7, 11) is 4.55. The highest BCUT2D eigenvalue weighted by Gasteiger charge is 2.13. The van der Waals surface area contributed by atoms with Crippen LogP contribution < -0.4 is 19.5 Å². The molecule has 1 aromatic carbocycles. The van der Waals surface area contributed by atoms with E-state index in [2.05, 4.69) is 15.5 Å². The predicted octanol–water partition coefficient (Wildman–Crippen LogP) is 3.01. The number of furan rings is 1. The number of benzene rings is 1. The van der Waals surface area contributed by atoms with Gasteiger partial charge in [0.15, 0.2) is 17.3 Å². The number of carbonyl (C=O) groups is 1. The van der Waals surface area contributed by atoms with E-state index in [1.165, 1.54) is 33.7 Å². The average Bonchev–Trinajstić information content (AvgIpc) is 3.37. The van der Waals surface area contributed by atoms with Crippen molar-refractivity contribution in [3.63, 3.8) is 0 Å². The summed E-state index contributed by atoms with van der Waals surface area (Å²) in [6.07, 6.45) is 4.39. The SMILES string of the molecule is COc1cc(/C=C/C(=O)Nc2nnc(-c3ccco3)o2)cc(OC)c1OC. The third-order valence-electron chi connectivity index (χ3n) is 3.50. The van der Waals surface area contributed by atoms with E-state index in [0.29, 0.717) is 28.6 Å². The van der Waals surface area contributed by atoms with E-state index in [4.69, 9.17) is 23.0 Å². The zero-order valence-corrected chi connectivity index (χ0v) is 14.9. The van der Waals surface area contributed by atoms with Crippen LogP contribution in [0.15, 0.2) is 45.4 Å². The molecule has 1 amide bonds. The quantitative estimate of drug-likeness (QED) is 0.631. The van der Waals surface area contributed by atoms with Crippen LogP contribution in [0.25, 0.3) is 17.7 Å². The Hall–Kier alpha value is -3.75. The molecule has 0 unspecified atom stereocenters. The lowest BCUT2D eigenvalue weighted by atomic mass is 10.1. The molecule has 0 atom stereocenters. The topological polar surface area (TPSA) is 109 Å². The molecular formula is C18H17N3O6. The Morgan fingerprint density at radius 3 is 2.44 bits per heavy atom. The number of rotatable bonds is 7. The van der Waals surface area contributed by atoms with E-state index in [-0.39, 0.29) is 11.9 Å². The maximum atomic E-state index is 12.1. The molecule has 0 bridgehead atoms. The van der Waals surface area contributed by atoms with Gasteiger partial charge in [0.05, 0.1) is 27.6 Å². The van der Waals surface area contributed by atoms with Crippen molar-refractivity contribution < 1.29 is 27.8 Å². The van der Waals surface area contributed by atoms with Crippen molar-refractivity contribution in [3.8, 4) is 28.9 Å². The first-order chi connectivity index (χ1) is 13.1. The van der Waals surface area contributed by atoms with Crippen molar-refractivity contribution in [2.45, 2.75) is 0 Å². The molecule has 3 aromatic rings. The van der Waals surface area contributed by atoms with Gasteiger partial charge >= 0.3 is 6.01 Å². The second-order valence-electron chi connectivity index (χ2n) is 5.17. The lowest BCUT2D eigenvalue weighted by Crippen LogP contribution is -2.07. The first-order valence-electron chi connectivity index (χ1n) is 7.81. The van der Waals surface area contributed by atoms with Gasteiger partial charge in [-0.15, -0.1) is 5.10 Å². The van der Waals surface area contributed by atoms with Gasteiger partial charge in [-0.05, 0) is 35.9 Å². The van der Waals surface area contributed by atoms with Crippen LogP contribution in [0.3, 0.4) is 0 Å². The van der Waals surface area contributed by atoms with Crippen molar-refractivity contribution in [2.75, 3.05) is 26.6 Å². The van der Waals surface area contributed by atoms with Crippen LogP contribution in [0.2, 0.25) is 0 Å². The summed E-state index contributed by atoms with van der Waals surface area (Å²) in [5, 5.41) is 10.0. The minimum atomic E-state index is -0.446. The molecule has 9 nitrogen and oxygen atoms in total. The van der Waals surface area contributed by atoms with Crippen LogP contribution in [0.4, 0.5) is 6.01 Å². The zero-order valence-electron chi connectivity index (χ0n) is 14.9. The van der Waals surface area contributed by atoms with Crippen molar-refractivity contribution in [3.05, 3.63) is 42.2 Å². The monoisotopic (exact) mass is 371 g/mol. The van der Waals surface area contributed by atoms with Crippen LogP contribution >= 0.6 is 0 Å². The molecule has 0 aliphatic carbocycles. The van der Waals surface area contributed by atoms with Gasteiger partial charge < -0.3 is 23.0 Å². The van der Waals surface area contributed by atoms with Crippen LogP contribution in [0.5, 0.6) is 17.2 Å². The highest BCUT2D eigenvalue weighted by Crippen LogP contribution is 2.38. The number of aromatic nitrogens is 2. The molecule has 2 aromatic heterocycles. The Morgan fingerprint density at radius 1 is 1.11 bits per heavy atom. The van der Waals surface area contributed by atoms with Crippen LogP contribution in [0, 0.1) is 0 Å². The molecule has 0 spiro atoms. The predicted molar refractivity (Wildman–Crippen MR) is 95.8 cm³/mol. The molecule has 140 valence electrons. The van der Waals surface area contributed by atoms with E-state index >= 15 is 0 Å². The van der Waals surface area contributed by atoms with Crippen molar-refractivity contribution in [2.24, 2.45) is 0 Å². The zero-order chi connectivity index (χ0) is 19.2. The summed E-state index contributed by atoms with van der Waals surface area (Å²) in [5.41, 5.74) is 0.682. The largest absolute Gasteiger partial charge is 0.493 e. The average molecular weight is 371 g/mol. The maximum absolute atomic E-state index is 12.1. The Balaban J connectivity index is 1.71. The second kappa shape index (κ2) is 8.09. The minimum absolute atomic E-state index is 0.0408. The summed E-state index contributed by atoms with van der Waals surface area (Å²) in [4.78, 5) is 12.1. The molecule has 0 aliphatic heterocycles. The number of hydrogen-bond acceptors (Lipinski definition) is 8. The number of amides is 1. The van der Waals surface area contributed by atoms with Gasteiger partial charge in [0.25, 0.3) is 11.8 Å². The summed E-state index contributed by atoms with van der Waals surface area (Å²) < 4.78 is 26.3. The number of nitrogens with one attached hydrogen (secondary N) is 1. The number of methoxy groups -OCH3 is 3. The Kier molecular flexibility index (Phi) is 5.41. The summed E-state index contributed by atoms with van der Waals surface area (Å²) in [5.74, 6) is 1.57. The molecule has 3 rings (SSSR count). The Bertz CT molecular complexity index is 921. The molecule has 1 N–H and O–H groups in total. The van der Waals surface area contributed by atoms with E-state index < -0.39 is 5.91 Å². The Morgan fingerprint density at radius 2 is 1.85 bits per heavy atom. The molecule has 0 fully saturated rings. The fourth-order valence-corrected chi connectivity index (χ4v) is 2.29. The van der Waals surface area contributed by atoms with Gasteiger partial charge in [0, 0.05) is 6.08 Å². The van der Waals surface area contributed by atoms with Crippen molar-refractivity contribution in [1.82, 2.24) is 10.2 Å². The fourth-order valence-electron chi connectivity index (χ4n) is 2.29. The second-order valence-corrected chi connectivity index (χ2v) is 5.17. The normalized spacial score (nSPS) is 10.8. The smallest absolute Gasteiger partial charge is 0.322 e. The number of hydrogen-bond donors (Lipinski definition) is 1. The van der Waals surface area contributed by atoms with E-state index in [1.807, 2.05) is 0 Å². The standard InChI is InChI=1S/C18H17N3O6/c1-23-13-9-11(10-14(24-2)16(13)25-3)6-7-15(22)19-18-21-20-17(27-18)12-5-4-8-26-12/h4-10H,1-3H3,(H,19,21,22)/b7-6+. The number of anilines is 1. The van der Waals surface area contributed by atoms with Crippen molar-refractivity contribution in [1.29, 1.82) is 0 Å². The van der Waals surface area contributed by atoms with E-state index in [1.54, 1.807) is 30.3 Å². The highest BCUT2D eigenvalue weighted by atomic mass is 16.5. The molecule has 27 heavy (non-hydrogen) atoms. The molecule has 0 radical (unpaired) electrons. The number of ether oxygens (including phenoxy) is 3. The summed E-state index contributed by atoms with van der Waals surface area (Å²) >= 11 is 0. The Labute approximate surface area is 154 Å². The van der Waals surface area contributed by atoms with Crippen LogP contribution in [-0.2, 0) is 4.79 Å². The van der Waals surface area contributed by atoms with Crippen molar-refractivity contribution >= 4 is 18.0 Å². The molecule has 2 heterocycles. The third kappa shape index (κ3) is 4.09. The van der Waals surface area contributed by atoms with Gasteiger partial charge in [0.2, 0.25) is 5.75 Å². The number of carbonyl (C=O) groups excluding carboxylic acids is 1. The number of nitrogens with zero attached hydrogens (tertiary/aromatic N) is 2. The first-order valence-corrected chi connectivity index (χ1v) is 7.81. The summed E-state index contributed by atoms with van der Waals surface area (Å²) in [6, 6.07) is 6.75. The lowest BCUT2D eigenvalue weighted by molar-refractivity contribution is -0.112. The minimum Gasteiger partial charge on any atom is -0.493 e. The highest BCUT2D eigenvalue weighted by molar-refractivity contribution is 6.00. The molecular weight excluding hydrogens is 354 g/mol. The fraction of sp³-hybridized carbons (Fsp3) is 0.167. The molecule has 0 saturated heterocycles. The molecule has 0 saturated carbocycles. The van der Waals surface area contributed by atoms with E-state index in [0.717, 1.165) is 0 Å². The third-order valence-corrected chi connectivity index (χ3v) is 3.50. The lowest BCUT2D eigenvalue weighted by Gasteiger charge is -2.12.